The average molecular weight is 528 g/mol. The van der Waals surface area contributed by atoms with Gasteiger partial charge in [0.05, 0.1) is 16.6 Å². The highest BCUT2D eigenvalue weighted by Crippen LogP contribution is 2.44. The van der Waals surface area contributed by atoms with Crippen LogP contribution >= 0.6 is 0 Å². The van der Waals surface area contributed by atoms with Gasteiger partial charge in [0.1, 0.15) is 11.5 Å². The van der Waals surface area contributed by atoms with Crippen molar-refractivity contribution < 1.29 is 27.5 Å². The molecule has 0 spiro atoms. The standard InChI is InChI=1S/C27H33N3O6S/c1-3-17-8-10-19(11-9-17)25-24(26(33)28-2)21-15-20(18-12-13-18)22(30-27(21)36-25)16-37(34,35)29-14-6-4-5-7-23(31)32/h8-11,15,18,29H,3-7,12-14,16H2,1-2H3,(H,28,33)(H,31,32). The first-order chi connectivity index (χ1) is 17.7. The quantitative estimate of drug-likeness (QED) is 0.281. The Labute approximate surface area is 216 Å². The van der Waals surface area contributed by atoms with Gasteiger partial charge in [0.2, 0.25) is 15.7 Å². The second kappa shape index (κ2) is 11.4. The first-order valence-corrected chi connectivity index (χ1v) is 14.3. The number of carbonyl (C=O) groups is 2. The Kier molecular flexibility index (Phi) is 8.29. The molecule has 1 saturated carbocycles. The Bertz CT molecular complexity index is 1390. The van der Waals surface area contributed by atoms with Crippen molar-refractivity contribution in [2.75, 3.05) is 13.6 Å². The lowest BCUT2D eigenvalue weighted by Crippen LogP contribution is -2.27. The molecule has 1 aliphatic rings. The van der Waals surface area contributed by atoms with Gasteiger partial charge < -0.3 is 14.8 Å². The molecule has 1 aromatic carbocycles. The maximum Gasteiger partial charge on any atom is 0.303 e. The van der Waals surface area contributed by atoms with Gasteiger partial charge in [0.25, 0.3) is 5.91 Å². The SMILES string of the molecule is CCc1ccc(-c2oc3nc(CS(=O)(=O)NCCCCCC(=O)O)c(C4CC4)cc3c2C(=O)NC)cc1. The molecule has 0 unspecified atom stereocenters. The van der Waals surface area contributed by atoms with E-state index in [1.165, 1.54) is 0 Å². The molecule has 4 rings (SSSR count). The van der Waals surface area contributed by atoms with Crippen molar-refractivity contribution in [2.24, 2.45) is 0 Å². The number of carbonyl (C=O) groups excluding carboxylic acids is 1. The second-order valence-corrected chi connectivity index (χ2v) is 11.3. The lowest BCUT2D eigenvalue weighted by atomic mass is 10.0. The molecule has 3 N–H and O–H groups in total. The minimum Gasteiger partial charge on any atom is -0.481 e. The van der Waals surface area contributed by atoms with Crippen molar-refractivity contribution in [1.29, 1.82) is 0 Å². The number of rotatable bonds is 13. The smallest absolute Gasteiger partial charge is 0.303 e. The lowest BCUT2D eigenvalue weighted by molar-refractivity contribution is -0.137. The Morgan fingerprint density at radius 1 is 1.14 bits per heavy atom. The third kappa shape index (κ3) is 6.56. The minimum absolute atomic E-state index is 0.0767. The number of furan rings is 1. The zero-order chi connectivity index (χ0) is 26.6. The minimum atomic E-state index is -3.67. The van der Waals surface area contributed by atoms with Gasteiger partial charge in [0, 0.05) is 25.6 Å². The zero-order valence-corrected chi connectivity index (χ0v) is 22.0. The number of benzene rings is 1. The number of nitrogens with zero attached hydrogens (tertiary/aromatic N) is 1. The Morgan fingerprint density at radius 3 is 2.49 bits per heavy atom. The number of sulfonamides is 1. The molecule has 1 amide bonds. The van der Waals surface area contributed by atoms with E-state index in [0.717, 1.165) is 36.0 Å². The van der Waals surface area contributed by atoms with Crippen LogP contribution in [0.3, 0.4) is 0 Å². The van der Waals surface area contributed by atoms with Gasteiger partial charge in [-0.05, 0) is 55.2 Å². The monoisotopic (exact) mass is 527 g/mol. The second-order valence-electron chi connectivity index (χ2n) is 9.44. The summed E-state index contributed by atoms with van der Waals surface area (Å²) in [7, 11) is -2.10. The van der Waals surface area contributed by atoms with Crippen LogP contribution in [0.25, 0.3) is 22.4 Å². The van der Waals surface area contributed by atoms with Crippen molar-refractivity contribution >= 4 is 33.0 Å². The molecular formula is C27H33N3O6S. The van der Waals surface area contributed by atoms with Crippen LogP contribution in [0.2, 0.25) is 0 Å². The van der Waals surface area contributed by atoms with Crippen molar-refractivity contribution in [3.05, 3.63) is 52.7 Å². The number of carboxylic acids is 1. The molecule has 2 heterocycles. The zero-order valence-electron chi connectivity index (χ0n) is 21.2. The third-order valence-electron chi connectivity index (χ3n) is 6.61. The molecule has 9 nitrogen and oxygen atoms in total. The molecule has 1 fully saturated rings. The van der Waals surface area contributed by atoms with Crippen LogP contribution in [-0.2, 0) is 27.0 Å². The highest BCUT2D eigenvalue weighted by Gasteiger charge is 2.31. The summed E-state index contributed by atoms with van der Waals surface area (Å²) in [5.74, 6) is -0.820. The van der Waals surface area contributed by atoms with Crippen molar-refractivity contribution in [3.8, 4) is 11.3 Å². The van der Waals surface area contributed by atoms with Gasteiger partial charge in [-0.15, -0.1) is 0 Å². The Morgan fingerprint density at radius 2 is 1.86 bits per heavy atom. The van der Waals surface area contributed by atoms with E-state index in [-0.39, 0.29) is 36.3 Å². The predicted molar refractivity (Wildman–Crippen MR) is 141 cm³/mol. The number of nitrogens with one attached hydrogen (secondary N) is 2. The molecule has 0 bridgehead atoms. The number of hydrogen-bond acceptors (Lipinski definition) is 6. The summed E-state index contributed by atoms with van der Waals surface area (Å²) in [5.41, 5.74) is 3.80. The van der Waals surface area contributed by atoms with E-state index in [1.54, 1.807) is 7.05 Å². The van der Waals surface area contributed by atoms with Gasteiger partial charge >= 0.3 is 5.97 Å². The van der Waals surface area contributed by atoms with Crippen LogP contribution in [0.1, 0.15) is 78.5 Å². The molecule has 10 heteroatoms. The fourth-order valence-electron chi connectivity index (χ4n) is 4.42. The van der Waals surface area contributed by atoms with Crippen LogP contribution in [0.4, 0.5) is 0 Å². The van der Waals surface area contributed by atoms with Gasteiger partial charge in [-0.25, -0.2) is 18.1 Å². The highest BCUT2D eigenvalue weighted by molar-refractivity contribution is 7.88. The number of aryl methyl sites for hydroxylation is 1. The van der Waals surface area contributed by atoms with E-state index in [9.17, 15) is 18.0 Å². The number of pyridine rings is 1. The fraction of sp³-hybridized carbons (Fsp3) is 0.444. The predicted octanol–water partition coefficient (Wildman–Crippen LogP) is 4.36. The van der Waals surface area contributed by atoms with E-state index in [0.29, 0.717) is 41.7 Å². The molecule has 0 radical (unpaired) electrons. The molecule has 2 aromatic heterocycles. The largest absolute Gasteiger partial charge is 0.481 e. The number of aromatic nitrogens is 1. The van der Waals surface area contributed by atoms with E-state index in [2.05, 4.69) is 21.9 Å². The van der Waals surface area contributed by atoms with Crippen LogP contribution in [0.5, 0.6) is 0 Å². The molecule has 198 valence electrons. The van der Waals surface area contributed by atoms with Crippen LogP contribution in [0.15, 0.2) is 34.7 Å². The summed E-state index contributed by atoms with van der Waals surface area (Å²) in [6.45, 7) is 2.31. The molecule has 3 aromatic rings. The summed E-state index contributed by atoms with van der Waals surface area (Å²) >= 11 is 0. The maximum absolute atomic E-state index is 12.9. The van der Waals surface area contributed by atoms with E-state index in [4.69, 9.17) is 9.52 Å². The van der Waals surface area contributed by atoms with Crippen LogP contribution < -0.4 is 10.0 Å². The first-order valence-electron chi connectivity index (χ1n) is 12.7. The normalized spacial score (nSPS) is 13.7. The van der Waals surface area contributed by atoms with E-state index >= 15 is 0 Å². The Hall–Kier alpha value is -3.24. The Balaban J connectivity index is 1.63. The lowest BCUT2D eigenvalue weighted by Gasteiger charge is -2.10. The summed E-state index contributed by atoms with van der Waals surface area (Å²) in [4.78, 5) is 28.1. The summed E-state index contributed by atoms with van der Waals surface area (Å²) in [6, 6.07) is 9.68. The number of carboxylic acid groups (broad SMARTS) is 1. The van der Waals surface area contributed by atoms with Gasteiger partial charge in [-0.3, -0.25) is 9.59 Å². The highest BCUT2D eigenvalue weighted by atomic mass is 32.2. The number of aliphatic carboxylic acids is 1. The van der Waals surface area contributed by atoms with Gasteiger partial charge in [-0.1, -0.05) is 37.6 Å². The maximum atomic E-state index is 12.9. The van der Waals surface area contributed by atoms with Crippen LogP contribution in [0, 0.1) is 0 Å². The summed E-state index contributed by atoms with van der Waals surface area (Å²) in [5, 5.41) is 12.0. The number of hydrogen-bond donors (Lipinski definition) is 3. The number of unbranched alkanes of at least 4 members (excludes halogenated alkanes) is 2. The van der Waals surface area contributed by atoms with Crippen molar-refractivity contribution in [1.82, 2.24) is 15.0 Å². The number of fused-ring (bicyclic) bond motifs is 1. The average Bonchev–Trinajstić information content (AvgIpc) is 3.65. The topological polar surface area (TPSA) is 139 Å². The van der Waals surface area contributed by atoms with Crippen molar-refractivity contribution in [2.45, 2.75) is 63.5 Å². The molecule has 0 atom stereocenters. The first kappa shape index (κ1) is 26.8. The molecule has 0 saturated heterocycles. The summed E-state index contributed by atoms with van der Waals surface area (Å²) < 4.78 is 34.4. The van der Waals surface area contributed by atoms with E-state index in [1.807, 2.05) is 30.3 Å². The van der Waals surface area contributed by atoms with Gasteiger partial charge in [0.15, 0.2) is 0 Å². The molecule has 37 heavy (non-hydrogen) atoms. The van der Waals surface area contributed by atoms with Crippen LogP contribution in [-0.4, -0.2) is 44.0 Å². The van der Waals surface area contributed by atoms with Crippen molar-refractivity contribution in [3.63, 3.8) is 0 Å². The number of amides is 1. The summed E-state index contributed by atoms with van der Waals surface area (Å²) in [6.07, 6.45) is 4.55. The van der Waals surface area contributed by atoms with E-state index < -0.39 is 16.0 Å². The molecular weight excluding hydrogens is 494 g/mol. The molecule has 0 aliphatic heterocycles. The third-order valence-corrected chi connectivity index (χ3v) is 7.90. The van der Waals surface area contributed by atoms with Gasteiger partial charge in [-0.2, -0.15) is 0 Å². The molecule has 1 aliphatic carbocycles. The fourth-order valence-corrected chi connectivity index (χ4v) is 5.57.